The topological polar surface area (TPSA) is 23.5 Å². The Bertz CT molecular complexity index is 203. The molecule has 1 rings (SSSR count). The maximum Gasteiger partial charge on any atom is 0.0632 e. The molecule has 1 saturated heterocycles. The first kappa shape index (κ1) is 12.1. The summed E-state index contributed by atoms with van der Waals surface area (Å²) < 4.78 is 0. The molecule has 0 spiro atoms. The zero-order chi connectivity index (χ0) is 10.6. The Balaban J connectivity index is 2.38. The van der Waals surface area contributed by atoms with Crippen molar-refractivity contribution in [1.82, 2.24) is 4.90 Å². The maximum absolute atomic E-state index is 9.90. The molecule has 0 aliphatic carbocycles. The van der Waals surface area contributed by atoms with Gasteiger partial charge >= 0.3 is 0 Å². The van der Waals surface area contributed by atoms with Crippen molar-refractivity contribution in [3.05, 3.63) is 12.2 Å². The molecule has 0 bridgehead atoms. The van der Waals surface area contributed by atoms with Gasteiger partial charge in [0.05, 0.1) is 5.60 Å². The molecule has 3 heteroatoms. The Morgan fingerprint density at radius 1 is 1.50 bits per heavy atom. The summed E-state index contributed by atoms with van der Waals surface area (Å²) >= 11 is 4.20. The molecule has 1 atom stereocenters. The minimum absolute atomic E-state index is 0.461. The SMILES string of the molecule is C=C(CS)CN1CCCC(C)(O)CC1. The lowest BCUT2D eigenvalue weighted by Crippen LogP contribution is -2.29. The zero-order valence-corrected chi connectivity index (χ0v) is 9.89. The van der Waals surface area contributed by atoms with Gasteiger partial charge in [-0.2, -0.15) is 12.6 Å². The number of hydrogen-bond donors (Lipinski definition) is 2. The molecule has 14 heavy (non-hydrogen) atoms. The van der Waals surface area contributed by atoms with Crippen LogP contribution in [0.2, 0.25) is 0 Å². The summed E-state index contributed by atoms with van der Waals surface area (Å²) in [5.74, 6) is 0.757. The molecular formula is C11H21NOS. The van der Waals surface area contributed by atoms with Crippen LogP contribution in [-0.4, -0.2) is 41.0 Å². The Labute approximate surface area is 92.4 Å². The zero-order valence-electron chi connectivity index (χ0n) is 9.00. The van der Waals surface area contributed by atoms with E-state index in [2.05, 4.69) is 24.1 Å². The van der Waals surface area contributed by atoms with E-state index < -0.39 is 5.60 Å². The van der Waals surface area contributed by atoms with Gasteiger partial charge in [-0.05, 0) is 32.7 Å². The molecule has 82 valence electrons. The van der Waals surface area contributed by atoms with E-state index >= 15 is 0 Å². The van der Waals surface area contributed by atoms with E-state index in [-0.39, 0.29) is 0 Å². The smallest absolute Gasteiger partial charge is 0.0632 e. The monoisotopic (exact) mass is 215 g/mol. The lowest BCUT2D eigenvalue weighted by molar-refractivity contribution is 0.0449. The lowest BCUT2D eigenvalue weighted by atomic mass is 9.98. The number of likely N-dealkylation sites (tertiary alicyclic amines) is 1. The summed E-state index contributed by atoms with van der Waals surface area (Å²) in [6.07, 6.45) is 2.86. The first-order chi connectivity index (χ1) is 6.53. The van der Waals surface area contributed by atoms with E-state index in [9.17, 15) is 5.11 Å². The average molecular weight is 215 g/mol. The number of hydrogen-bond acceptors (Lipinski definition) is 3. The number of nitrogens with zero attached hydrogens (tertiary/aromatic N) is 1. The van der Waals surface area contributed by atoms with Gasteiger partial charge in [0, 0.05) is 18.8 Å². The third kappa shape index (κ3) is 4.03. The normalized spacial score (nSPS) is 29.9. The number of rotatable bonds is 3. The van der Waals surface area contributed by atoms with Crippen LogP contribution >= 0.6 is 12.6 Å². The molecule has 0 aromatic rings. The third-order valence-electron chi connectivity index (χ3n) is 2.83. The fourth-order valence-electron chi connectivity index (χ4n) is 1.84. The van der Waals surface area contributed by atoms with Crippen molar-refractivity contribution in [1.29, 1.82) is 0 Å². The predicted octanol–water partition coefficient (Wildman–Crippen LogP) is 1.71. The number of thiol groups is 1. The van der Waals surface area contributed by atoms with Gasteiger partial charge in [-0.1, -0.05) is 12.2 Å². The van der Waals surface area contributed by atoms with Crippen molar-refractivity contribution in [2.75, 3.05) is 25.4 Å². The highest BCUT2D eigenvalue weighted by Gasteiger charge is 2.24. The van der Waals surface area contributed by atoms with Gasteiger partial charge < -0.3 is 5.11 Å². The molecule has 2 nitrogen and oxygen atoms in total. The average Bonchev–Trinajstić information content (AvgIpc) is 2.28. The van der Waals surface area contributed by atoms with Crippen LogP contribution in [0, 0.1) is 0 Å². The van der Waals surface area contributed by atoms with E-state index in [1.807, 2.05) is 6.92 Å². The fraction of sp³-hybridized carbons (Fsp3) is 0.818. The summed E-state index contributed by atoms with van der Waals surface area (Å²) in [7, 11) is 0. The van der Waals surface area contributed by atoms with Crippen LogP contribution in [0.25, 0.3) is 0 Å². The van der Waals surface area contributed by atoms with E-state index in [0.29, 0.717) is 0 Å². The maximum atomic E-state index is 9.90. The van der Waals surface area contributed by atoms with Crippen LogP contribution in [0.15, 0.2) is 12.2 Å². The van der Waals surface area contributed by atoms with E-state index in [4.69, 9.17) is 0 Å². The van der Waals surface area contributed by atoms with Gasteiger partial charge in [-0.25, -0.2) is 0 Å². The first-order valence-corrected chi connectivity index (χ1v) is 5.89. The van der Waals surface area contributed by atoms with E-state index in [0.717, 1.165) is 50.2 Å². The Morgan fingerprint density at radius 2 is 2.21 bits per heavy atom. The van der Waals surface area contributed by atoms with Crippen molar-refractivity contribution >= 4 is 12.6 Å². The molecule has 1 aliphatic heterocycles. The second kappa shape index (κ2) is 5.19. The van der Waals surface area contributed by atoms with Crippen molar-refractivity contribution in [3.63, 3.8) is 0 Å². The molecule has 0 radical (unpaired) electrons. The summed E-state index contributed by atoms with van der Waals surface area (Å²) in [6.45, 7) is 8.86. The molecular weight excluding hydrogens is 194 g/mol. The predicted molar refractivity (Wildman–Crippen MR) is 63.9 cm³/mol. The van der Waals surface area contributed by atoms with Crippen LogP contribution in [-0.2, 0) is 0 Å². The molecule has 1 fully saturated rings. The van der Waals surface area contributed by atoms with Crippen LogP contribution in [0.4, 0.5) is 0 Å². The fourth-order valence-corrected chi connectivity index (χ4v) is 1.94. The molecule has 1 aliphatic rings. The summed E-state index contributed by atoms with van der Waals surface area (Å²) in [6, 6.07) is 0. The second-order valence-corrected chi connectivity index (χ2v) is 4.85. The third-order valence-corrected chi connectivity index (χ3v) is 3.27. The highest BCUT2D eigenvalue weighted by Crippen LogP contribution is 2.21. The molecule has 0 aromatic heterocycles. The van der Waals surface area contributed by atoms with Crippen molar-refractivity contribution in [2.24, 2.45) is 0 Å². The van der Waals surface area contributed by atoms with Gasteiger partial charge in [0.2, 0.25) is 0 Å². The molecule has 0 aromatic carbocycles. The summed E-state index contributed by atoms with van der Waals surface area (Å²) in [5, 5.41) is 9.90. The van der Waals surface area contributed by atoms with Gasteiger partial charge in [0.1, 0.15) is 0 Å². The van der Waals surface area contributed by atoms with Gasteiger partial charge in [-0.3, -0.25) is 4.90 Å². The largest absolute Gasteiger partial charge is 0.390 e. The molecule has 0 saturated carbocycles. The standard InChI is InChI=1S/C11H21NOS/c1-10(9-14)8-12-6-3-4-11(2,13)5-7-12/h13-14H,1,3-9H2,2H3. The van der Waals surface area contributed by atoms with E-state index in [1.54, 1.807) is 0 Å². The Morgan fingerprint density at radius 3 is 2.86 bits per heavy atom. The van der Waals surface area contributed by atoms with Crippen LogP contribution in [0.1, 0.15) is 26.2 Å². The van der Waals surface area contributed by atoms with Crippen LogP contribution in [0.5, 0.6) is 0 Å². The number of aliphatic hydroxyl groups is 1. The highest BCUT2D eigenvalue weighted by atomic mass is 32.1. The minimum Gasteiger partial charge on any atom is -0.390 e. The molecule has 1 unspecified atom stereocenters. The van der Waals surface area contributed by atoms with Crippen molar-refractivity contribution in [2.45, 2.75) is 31.8 Å². The van der Waals surface area contributed by atoms with Gasteiger partial charge in [0.25, 0.3) is 0 Å². The quantitative estimate of drug-likeness (QED) is 0.553. The van der Waals surface area contributed by atoms with E-state index in [1.165, 1.54) is 0 Å². The Hall–Kier alpha value is 0.01000. The van der Waals surface area contributed by atoms with Crippen LogP contribution < -0.4 is 0 Å². The Kier molecular flexibility index (Phi) is 4.48. The van der Waals surface area contributed by atoms with Gasteiger partial charge in [0.15, 0.2) is 0 Å². The second-order valence-electron chi connectivity index (χ2n) is 4.53. The van der Waals surface area contributed by atoms with Crippen molar-refractivity contribution in [3.8, 4) is 0 Å². The molecule has 0 amide bonds. The van der Waals surface area contributed by atoms with Crippen molar-refractivity contribution < 1.29 is 5.11 Å². The van der Waals surface area contributed by atoms with Crippen LogP contribution in [0.3, 0.4) is 0 Å². The van der Waals surface area contributed by atoms with Gasteiger partial charge in [-0.15, -0.1) is 0 Å². The summed E-state index contributed by atoms with van der Waals surface area (Å²) in [4.78, 5) is 2.36. The highest BCUT2D eigenvalue weighted by molar-refractivity contribution is 7.80. The first-order valence-electron chi connectivity index (χ1n) is 5.26. The molecule has 1 N–H and O–H groups in total. The summed E-state index contributed by atoms with van der Waals surface area (Å²) in [5.41, 5.74) is 0.701. The minimum atomic E-state index is -0.461. The molecule has 1 heterocycles. The lowest BCUT2D eigenvalue weighted by Gasteiger charge is -2.22.